The van der Waals surface area contributed by atoms with E-state index in [9.17, 15) is 0 Å². The zero-order chi connectivity index (χ0) is 13.1. The Kier molecular flexibility index (Phi) is 3.87. The van der Waals surface area contributed by atoms with Gasteiger partial charge in [0.2, 0.25) is 0 Å². The van der Waals surface area contributed by atoms with Gasteiger partial charge in [0.25, 0.3) is 0 Å². The van der Waals surface area contributed by atoms with Crippen molar-refractivity contribution in [2.24, 2.45) is 0 Å². The topological polar surface area (TPSA) is 43.0 Å². The van der Waals surface area contributed by atoms with E-state index >= 15 is 0 Å². The summed E-state index contributed by atoms with van der Waals surface area (Å²) >= 11 is 0. The van der Waals surface area contributed by atoms with Crippen LogP contribution in [0.1, 0.15) is 42.3 Å². The highest BCUT2D eigenvalue weighted by molar-refractivity contribution is 5.29. The predicted octanol–water partition coefficient (Wildman–Crippen LogP) is 2.81. The quantitative estimate of drug-likeness (QED) is 0.883. The summed E-state index contributed by atoms with van der Waals surface area (Å²) in [5.74, 6) is 2.94. The summed E-state index contributed by atoms with van der Waals surface area (Å²) in [4.78, 5) is 4.49. The Balaban J connectivity index is 2.39. The number of hydrogen-bond donors (Lipinski definition) is 1. The van der Waals surface area contributed by atoms with Crippen LogP contribution >= 0.6 is 0 Å². The van der Waals surface area contributed by atoms with Gasteiger partial charge in [-0.1, -0.05) is 6.92 Å². The van der Waals surface area contributed by atoms with Crippen LogP contribution in [0.4, 0.5) is 0 Å². The van der Waals surface area contributed by atoms with E-state index in [4.69, 9.17) is 4.42 Å². The maximum atomic E-state index is 5.62. The molecule has 0 radical (unpaired) electrons. The van der Waals surface area contributed by atoms with Crippen LogP contribution in [0.3, 0.4) is 0 Å². The minimum Gasteiger partial charge on any atom is -0.466 e. The Morgan fingerprint density at radius 2 is 2.22 bits per heavy atom. The van der Waals surface area contributed by atoms with Gasteiger partial charge in [0.05, 0.1) is 6.04 Å². The van der Waals surface area contributed by atoms with Crippen LogP contribution in [0, 0.1) is 13.8 Å². The fourth-order valence-electron chi connectivity index (χ4n) is 2.37. The normalized spacial score (nSPS) is 12.9. The SMILES string of the molecule is CCCn1ccnc1C(NC)c1cc(C)oc1C. The number of hydrogen-bond acceptors (Lipinski definition) is 3. The molecule has 0 aliphatic carbocycles. The fourth-order valence-corrected chi connectivity index (χ4v) is 2.37. The van der Waals surface area contributed by atoms with E-state index in [2.05, 4.69) is 27.9 Å². The molecule has 0 aliphatic rings. The molecule has 1 unspecified atom stereocenters. The third-order valence-electron chi connectivity index (χ3n) is 3.15. The van der Waals surface area contributed by atoms with Crippen LogP contribution in [0.15, 0.2) is 22.9 Å². The van der Waals surface area contributed by atoms with E-state index in [0.717, 1.165) is 30.3 Å². The van der Waals surface area contributed by atoms with Crippen molar-refractivity contribution in [3.63, 3.8) is 0 Å². The number of rotatable bonds is 5. The maximum absolute atomic E-state index is 5.62. The maximum Gasteiger partial charge on any atom is 0.130 e. The summed E-state index contributed by atoms with van der Waals surface area (Å²) in [6.07, 6.45) is 4.99. The van der Waals surface area contributed by atoms with E-state index in [-0.39, 0.29) is 6.04 Å². The van der Waals surface area contributed by atoms with Crippen LogP contribution < -0.4 is 5.32 Å². The number of nitrogens with one attached hydrogen (secondary N) is 1. The van der Waals surface area contributed by atoms with Gasteiger partial charge in [0.1, 0.15) is 17.3 Å². The Bertz CT molecular complexity index is 513. The Morgan fingerprint density at radius 3 is 2.78 bits per heavy atom. The summed E-state index contributed by atoms with van der Waals surface area (Å²) < 4.78 is 7.82. The molecule has 0 saturated heterocycles. The van der Waals surface area contributed by atoms with Gasteiger partial charge in [-0.05, 0) is 33.4 Å². The van der Waals surface area contributed by atoms with Crippen molar-refractivity contribution in [1.82, 2.24) is 14.9 Å². The second kappa shape index (κ2) is 5.40. The molecule has 2 aromatic heterocycles. The molecule has 18 heavy (non-hydrogen) atoms. The highest BCUT2D eigenvalue weighted by atomic mass is 16.3. The molecule has 4 nitrogen and oxygen atoms in total. The molecule has 0 fully saturated rings. The van der Waals surface area contributed by atoms with Crippen molar-refractivity contribution in [3.05, 3.63) is 41.4 Å². The molecular formula is C14H21N3O. The second-order valence-corrected chi connectivity index (χ2v) is 4.57. The van der Waals surface area contributed by atoms with E-state index in [1.54, 1.807) is 0 Å². The molecule has 0 bridgehead atoms. The van der Waals surface area contributed by atoms with Crippen LogP contribution in [0.2, 0.25) is 0 Å². The molecule has 1 N–H and O–H groups in total. The lowest BCUT2D eigenvalue weighted by Gasteiger charge is -2.17. The molecular weight excluding hydrogens is 226 g/mol. The third-order valence-corrected chi connectivity index (χ3v) is 3.15. The summed E-state index contributed by atoms with van der Waals surface area (Å²) in [5, 5.41) is 3.33. The van der Waals surface area contributed by atoms with Crippen LogP contribution in [-0.4, -0.2) is 16.6 Å². The molecule has 0 spiro atoms. The standard InChI is InChI=1S/C14H21N3O/c1-5-7-17-8-6-16-14(17)13(15-4)12-9-10(2)18-11(12)3/h6,8-9,13,15H,5,7H2,1-4H3. The Labute approximate surface area is 108 Å². The lowest BCUT2D eigenvalue weighted by Crippen LogP contribution is -2.22. The van der Waals surface area contributed by atoms with Gasteiger partial charge in [0, 0.05) is 24.5 Å². The monoisotopic (exact) mass is 247 g/mol. The van der Waals surface area contributed by atoms with Gasteiger partial charge >= 0.3 is 0 Å². The van der Waals surface area contributed by atoms with E-state index in [0.29, 0.717) is 0 Å². The number of nitrogens with zero attached hydrogens (tertiary/aromatic N) is 2. The van der Waals surface area contributed by atoms with Gasteiger partial charge in [-0.15, -0.1) is 0 Å². The second-order valence-electron chi connectivity index (χ2n) is 4.57. The van der Waals surface area contributed by atoms with E-state index in [1.165, 1.54) is 5.56 Å². The molecule has 2 aromatic rings. The highest BCUT2D eigenvalue weighted by Crippen LogP contribution is 2.26. The Morgan fingerprint density at radius 1 is 1.44 bits per heavy atom. The lowest BCUT2D eigenvalue weighted by molar-refractivity contribution is 0.492. The first-order valence-electron chi connectivity index (χ1n) is 6.42. The molecule has 2 rings (SSSR count). The molecule has 0 amide bonds. The van der Waals surface area contributed by atoms with Crippen molar-refractivity contribution in [2.45, 2.75) is 39.8 Å². The summed E-state index contributed by atoms with van der Waals surface area (Å²) in [6, 6.07) is 2.17. The van der Waals surface area contributed by atoms with Crippen molar-refractivity contribution >= 4 is 0 Å². The third kappa shape index (κ3) is 2.34. The summed E-state index contributed by atoms with van der Waals surface area (Å²) in [6.45, 7) is 7.14. The number of aryl methyl sites for hydroxylation is 3. The van der Waals surface area contributed by atoms with Crippen molar-refractivity contribution < 1.29 is 4.42 Å². The molecule has 0 aromatic carbocycles. The average Bonchev–Trinajstić information content (AvgIpc) is 2.89. The van der Waals surface area contributed by atoms with Gasteiger partial charge in [-0.3, -0.25) is 0 Å². The van der Waals surface area contributed by atoms with Crippen molar-refractivity contribution in [2.75, 3.05) is 7.05 Å². The fraction of sp³-hybridized carbons (Fsp3) is 0.500. The molecule has 0 saturated carbocycles. The summed E-state index contributed by atoms with van der Waals surface area (Å²) in [5.41, 5.74) is 1.17. The zero-order valence-electron chi connectivity index (χ0n) is 11.5. The van der Waals surface area contributed by atoms with E-state index in [1.807, 2.05) is 33.3 Å². The first-order valence-corrected chi connectivity index (χ1v) is 6.42. The summed E-state index contributed by atoms with van der Waals surface area (Å²) in [7, 11) is 1.96. The van der Waals surface area contributed by atoms with Gasteiger partial charge in [-0.2, -0.15) is 0 Å². The number of aromatic nitrogens is 2. The molecule has 0 aliphatic heterocycles. The van der Waals surface area contributed by atoms with Crippen molar-refractivity contribution in [3.8, 4) is 0 Å². The Hall–Kier alpha value is -1.55. The highest BCUT2D eigenvalue weighted by Gasteiger charge is 2.21. The lowest BCUT2D eigenvalue weighted by atomic mass is 10.1. The van der Waals surface area contributed by atoms with Crippen LogP contribution in [0.5, 0.6) is 0 Å². The van der Waals surface area contributed by atoms with Crippen LogP contribution in [-0.2, 0) is 6.54 Å². The first kappa shape index (κ1) is 12.9. The molecule has 98 valence electrons. The zero-order valence-corrected chi connectivity index (χ0v) is 11.5. The molecule has 4 heteroatoms. The van der Waals surface area contributed by atoms with Gasteiger partial charge < -0.3 is 14.3 Å². The molecule has 1 atom stereocenters. The van der Waals surface area contributed by atoms with Crippen molar-refractivity contribution in [1.29, 1.82) is 0 Å². The first-order chi connectivity index (χ1) is 8.67. The van der Waals surface area contributed by atoms with Gasteiger partial charge in [-0.25, -0.2) is 4.98 Å². The van der Waals surface area contributed by atoms with Crippen LogP contribution in [0.25, 0.3) is 0 Å². The predicted molar refractivity (Wildman–Crippen MR) is 71.6 cm³/mol. The largest absolute Gasteiger partial charge is 0.466 e. The molecule has 2 heterocycles. The minimum atomic E-state index is 0.0870. The minimum absolute atomic E-state index is 0.0870. The van der Waals surface area contributed by atoms with E-state index < -0.39 is 0 Å². The number of furan rings is 1. The average molecular weight is 247 g/mol. The van der Waals surface area contributed by atoms with Gasteiger partial charge in [0.15, 0.2) is 0 Å². The number of imidazole rings is 1. The smallest absolute Gasteiger partial charge is 0.130 e.